The molecule has 1 aliphatic heterocycles. The third-order valence-corrected chi connectivity index (χ3v) is 4.31. The van der Waals surface area contributed by atoms with E-state index < -0.39 is 0 Å². The second kappa shape index (κ2) is 6.51. The van der Waals surface area contributed by atoms with Gasteiger partial charge in [-0.25, -0.2) is 0 Å². The third kappa shape index (κ3) is 3.78. The molecule has 19 heavy (non-hydrogen) atoms. The average Bonchev–Trinajstić information content (AvgIpc) is 2.43. The maximum Gasteiger partial charge on any atom is 0.0424 e. The largest absolute Gasteiger partial charge is 0.323 e. The van der Waals surface area contributed by atoms with Gasteiger partial charge in [-0.3, -0.25) is 4.90 Å². The van der Waals surface area contributed by atoms with Crippen LogP contribution in [0.3, 0.4) is 0 Å². The van der Waals surface area contributed by atoms with Gasteiger partial charge in [0.1, 0.15) is 0 Å². The summed E-state index contributed by atoms with van der Waals surface area (Å²) in [5.41, 5.74) is 8.97. The van der Waals surface area contributed by atoms with Crippen molar-refractivity contribution < 1.29 is 0 Å². The van der Waals surface area contributed by atoms with E-state index in [4.69, 9.17) is 5.73 Å². The molecule has 2 N–H and O–H groups in total. The maximum absolute atomic E-state index is 6.34. The predicted molar refractivity (Wildman–Crippen MR) is 81.3 cm³/mol. The molecule has 1 heterocycles. The highest BCUT2D eigenvalue weighted by molar-refractivity contribution is 5.25. The van der Waals surface area contributed by atoms with Crippen molar-refractivity contribution in [3.8, 4) is 0 Å². The summed E-state index contributed by atoms with van der Waals surface area (Å²) in [5, 5.41) is 0. The Labute approximate surface area is 117 Å². The van der Waals surface area contributed by atoms with Crippen LogP contribution in [0.4, 0.5) is 0 Å². The molecule has 1 aliphatic rings. The van der Waals surface area contributed by atoms with Crippen molar-refractivity contribution in [3.05, 3.63) is 35.4 Å². The van der Waals surface area contributed by atoms with Crippen LogP contribution in [0.25, 0.3) is 0 Å². The molecule has 3 heteroatoms. The van der Waals surface area contributed by atoms with Gasteiger partial charge in [0.25, 0.3) is 0 Å². The molecule has 0 aromatic heterocycles. The third-order valence-electron chi connectivity index (χ3n) is 4.31. The Morgan fingerprint density at radius 2 is 1.95 bits per heavy atom. The van der Waals surface area contributed by atoms with Gasteiger partial charge in [0.05, 0.1) is 0 Å². The summed E-state index contributed by atoms with van der Waals surface area (Å²) in [7, 11) is 2.20. The number of benzene rings is 1. The first-order valence-electron chi connectivity index (χ1n) is 7.37. The minimum atomic E-state index is 0.126. The van der Waals surface area contributed by atoms with Gasteiger partial charge in [-0.2, -0.15) is 0 Å². The van der Waals surface area contributed by atoms with Crippen LogP contribution in [0.15, 0.2) is 24.3 Å². The highest BCUT2D eigenvalue weighted by Gasteiger charge is 2.22. The summed E-state index contributed by atoms with van der Waals surface area (Å²) in [5.74, 6) is 0. The fourth-order valence-corrected chi connectivity index (χ4v) is 2.67. The van der Waals surface area contributed by atoms with Gasteiger partial charge in [-0.15, -0.1) is 0 Å². The molecule has 0 amide bonds. The van der Waals surface area contributed by atoms with Gasteiger partial charge in [0.2, 0.25) is 0 Å². The Hall–Kier alpha value is -0.900. The number of nitrogens with zero attached hydrogens (tertiary/aromatic N) is 2. The van der Waals surface area contributed by atoms with E-state index in [0.717, 1.165) is 32.6 Å². The lowest BCUT2D eigenvalue weighted by molar-refractivity contribution is 0.100. The normalized spacial score (nSPS) is 23.5. The van der Waals surface area contributed by atoms with E-state index in [0.29, 0.717) is 6.04 Å². The molecule has 1 saturated heterocycles. The molecule has 2 atom stereocenters. The number of nitrogens with two attached hydrogens (primary N) is 1. The van der Waals surface area contributed by atoms with Crippen LogP contribution in [0, 0.1) is 0 Å². The summed E-state index contributed by atoms with van der Waals surface area (Å²) in [6.45, 7) is 8.82. The summed E-state index contributed by atoms with van der Waals surface area (Å²) in [6, 6.07) is 9.51. The summed E-state index contributed by atoms with van der Waals surface area (Å²) < 4.78 is 0. The highest BCUT2D eigenvalue weighted by atomic mass is 15.3. The zero-order chi connectivity index (χ0) is 13.8. The molecule has 1 aromatic rings. The quantitative estimate of drug-likeness (QED) is 0.898. The first-order chi connectivity index (χ1) is 9.10. The average molecular weight is 261 g/mol. The summed E-state index contributed by atoms with van der Waals surface area (Å²) in [4.78, 5) is 4.90. The van der Waals surface area contributed by atoms with Crippen LogP contribution in [-0.2, 0) is 6.42 Å². The lowest BCUT2D eigenvalue weighted by atomic mass is 10.0. The van der Waals surface area contributed by atoms with E-state index in [2.05, 4.69) is 55.0 Å². The molecular weight excluding hydrogens is 234 g/mol. The lowest BCUT2D eigenvalue weighted by Gasteiger charge is -2.38. The molecule has 0 aliphatic carbocycles. The van der Waals surface area contributed by atoms with Gasteiger partial charge in [-0.1, -0.05) is 31.2 Å². The van der Waals surface area contributed by atoms with Crippen molar-refractivity contribution in [2.75, 3.05) is 33.2 Å². The summed E-state index contributed by atoms with van der Waals surface area (Å²) >= 11 is 0. The Morgan fingerprint density at radius 1 is 1.26 bits per heavy atom. The molecule has 1 fully saturated rings. The predicted octanol–water partition coefficient (Wildman–Crippen LogP) is 1.88. The molecular formula is C16H27N3. The fourth-order valence-electron chi connectivity index (χ4n) is 2.67. The van der Waals surface area contributed by atoms with Crippen LogP contribution in [-0.4, -0.2) is 49.1 Å². The number of likely N-dealkylation sites (N-methyl/N-ethyl adjacent to an activating group) is 1. The van der Waals surface area contributed by atoms with E-state index in [1.54, 1.807) is 0 Å². The van der Waals surface area contributed by atoms with Crippen molar-refractivity contribution in [3.63, 3.8) is 0 Å². The summed E-state index contributed by atoms with van der Waals surface area (Å²) in [6.07, 6.45) is 1.09. The van der Waals surface area contributed by atoms with Crippen LogP contribution < -0.4 is 5.73 Å². The van der Waals surface area contributed by atoms with Crippen molar-refractivity contribution in [1.29, 1.82) is 0 Å². The zero-order valence-electron chi connectivity index (χ0n) is 12.5. The van der Waals surface area contributed by atoms with E-state index in [1.165, 1.54) is 11.1 Å². The lowest BCUT2D eigenvalue weighted by Crippen LogP contribution is -2.51. The van der Waals surface area contributed by atoms with Gasteiger partial charge in [-0.05, 0) is 31.5 Å². The monoisotopic (exact) mass is 261 g/mol. The second-order valence-corrected chi connectivity index (χ2v) is 5.79. The number of hydrogen-bond acceptors (Lipinski definition) is 3. The second-order valence-electron chi connectivity index (χ2n) is 5.79. The Morgan fingerprint density at radius 3 is 2.53 bits per heavy atom. The first kappa shape index (κ1) is 14.5. The van der Waals surface area contributed by atoms with E-state index >= 15 is 0 Å². The standard InChI is InChI=1S/C16H27N3/c1-4-14-5-7-15(8-6-14)16(17)12-19-10-9-18(3)13(2)11-19/h5-8,13,16H,4,9-12,17H2,1-3H3. The molecule has 0 bridgehead atoms. The highest BCUT2D eigenvalue weighted by Crippen LogP contribution is 2.15. The Bertz CT molecular complexity index is 387. The molecule has 0 saturated carbocycles. The van der Waals surface area contributed by atoms with Crippen LogP contribution in [0.1, 0.15) is 31.0 Å². The maximum atomic E-state index is 6.34. The van der Waals surface area contributed by atoms with Crippen molar-refractivity contribution >= 4 is 0 Å². The zero-order valence-corrected chi connectivity index (χ0v) is 12.5. The number of piperazine rings is 1. The number of hydrogen-bond donors (Lipinski definition) is 1. The molecule has 1 aromatic carbocycles. The van der Waals surface area contributed by atoms with Gasteiger partial charge >= 0.3 is 0 Å². The number of aryl methyl sites for hydroxylation is 1. The van der Waals surface area contributed by atoms with Crippen molar-refractivity contribution in [2.24, 2.45) is 5.73 Å². The topological polar surface area (TPSA) is 32.5 Å². The van der Waals surface area contributed by atoms with Crippen LogP contribution >= 0.6 is 0 Å². The minimum Gasteiger partial charge on any atom is -0.323 e. The molecule has 106 valence electrons. The van der Waals surface area contributed by atoms with E-state index in [1.807, 2.05) is 0 Å². The van der Waals surface area contributed by atoms with Gasteiger partial charge in [0.15, 0.2) is 0 Å². The minimum absolute atomic E-state index is 0.126. The van der Waals surface area contributed by atoms with Crippen molar-refractivity contribution in [2.45, 2.75) is 32.4 Å². The first-order valence-corrected chi connectivity index (χ1v) is 7.37. The van der Waals surface area contributed by atoms with E-state index in [9.17, 15) is 0 Å². The molecule has 3 nitrogen and oxygen atoms in total. The van der Waals surface area contributed by atoms with Crippen LogP contribution in [0.5, 0.6) is 0 Å². The van der Waals surface area contributed by atoms with E-state index in [-0.39, 0.29) is 6.04 Å². The molecule has 0 spiro atoms. The molecule has 2 unspecified atom stereocenters. The van der Waals surface area contributed by atoms with Gasteiger partial charge in [0, 0.05) is 38.3 Å². The number of rotatable bonds is 4. The molecule has 2 rings (SSSR count). The molecule has 0 radical (unpaired) electrons. The van der Waals surface area contributed by atoms with Crippen molar-refractivity contribution in [1.82, 2.24) is 9.80 Å². The Kier molecular flexibility index (Phi) is 4.97. The Balaban J connectivity index is 1.91. The fraction of sp³-hybridized carbons (Fsp3) is 0.625. The van der Waals surface area contributed by atoms with Gasteiger partial charge < -0.3 is 10.6 Å². The SMILES string of the molecule is CCc1ccc(C(N)CN2CCN(C)C(C)C2)cc1. The smallest absolute Gasteiger partial charge is 0.0424 e. The van der Waals surface area contributed by atoms with Crippen LogP contribution in [0.2, 0.25) is 0 Å².